The summed E-state index contributed by atoms with van der Waals surface area (Å²) in [5, 5.41) is 11.1. The molecule has 1 aliphatic heterocycles. The number of rotatable bonds is 7. The van der Waals surface area contributed by atoms with Gasteiger partial charge in [-0.3, -0.25) is 9.59 Å². The lowest BCUT2D eigenvalue weighted by atomic mass is 9.98. The van der Waals surface area contributed by atoms with Gasteiger partial charge in [0.2, 0.25) is 0 Å². The van der Waals surface area contributed by atoms with Gasteiger partial charge in [-0.15, -0.1) is 0 Å². The van der Waals surface area contributed by atoms with Gasteiger partial charge in [0.1, 0.15) is 29.1 Å². The smallest absolute Gasteiger partial charge is 0.295 e. The number of carbonyl (C=O) groups is 2. The Morgan fingerprint density at radius 1 is 1.21 bits per heavy atom. The van der Waals surface area contributed by atoms with Crippen molar-refractivity contribution in [3.05, 3.63) is 53.5 Å². The molecule has 2 aromatic rings. The van der Waals surface area contributed by atoms with Crippen molar-refractivity contribution in [3.63, 3.8) is 0 Å². The van der Waals surface area contributed by atoms with Crippen LogP contribution in [0.5, 0.6) is 11.5 Å². The minimum atomic E-state index is -0.822. The molecule has 2 heterocycles. The first-order valence-corrected chi connectivity index (χ1v) is 9.08. The van der Waals surface area contributed by atoms with E-state index in [1.807, 2.05) is 19.0 Å². The Morgan fingerprint density at radius 3 is 2.55 bits per heavy atom. The van der Waals surface area contributed by atoms with Crippen LogP contribution in [-0.4, -0.2) is 68.0 Å². The number of furan rings is 1. The predicted octanol–water partition coefficient (Wildman–Crippen LogP) is 2.28. The number of likely N-dealkylation sites (tertiary alicyclic amines) is 1. The van der Waals surface area contributed by atoms with Gasteiger partial charge in [0.15, 0.2) is 0 Å². The highest BCUT2D eigenvalue weighted by Gasteiger charge is 2.47. The molecule has 1 aromatic carbocycles. The molecule has 0 bridgehead atoms. The van der Waals surface area contributed by atoms with Crippen molar-refractivity contribution in [1.29, 1.82) is 0 Å². The van der Waals surface area contributed by atoms with Crippen LogP contribution >= 0.6 is 0 Å². The first kappa shape index (κ1) is 20.5. The van der Waals surface area contributed by atoms with Gasteiger partial charge < -0.3 is 28.8 Å². The van der Waals surface area contributed by atoms with Gasteiger partial charge in [-0.2, -0.15) is 0 Å². The quantitative estimate of drug-likeness (QED) is 0.433. The van der Waals surface area contributed by atoms with Crippen molar-refractivity contribution in [1.82, 2.24) is 9.80 Å². The van der Waals surface area contributed by atoms with Crippen LogP contribution in [0.3, 0.4) is 0 Å². The molecule has 1 amide bonds. The normalized spacial score (nSPS) is 18.5. The minimum absolute atomic E-state index is 0.0350. The third-order valence-corrected chi connectivity index (χ3v) is 4.80. The monoisotopic (exact) mass is 400 g/mol. The van der Waals surface area contributed by atoms with Gasteiger partial charge in [-0.05, 0) is 38.4 Å². The standard InChI is InChI=1S/C21H24N2O6/c1-22(2)9-10-23-18(15-6-5-11-29-15)17(20(25)21(23)26)19(24)14-8-7-13(27-3)12-16(14)28-4/h5-8,11-12,18,24H,9-10H2,1-4H3/b19-17+/t18-/m1/s1. The number of aliphatic hydroxyl groups is 1. The second kappa shape index (κ2) is 8.40. The van der Waals surface area contributed by atoms with Crippen LogP contribution in [0.2, 0.25) is 0 Å². The summed E-state index contributed by atoms with van der Waals surface area (Å²) in [6.07, 6.45) is 1.47. The molecule has 8 heteroatoms. The molecule has 29 heavy (non-hydrogen) atoms. The van der Waals surface area contributed by atoms with Crippen molar-refractivity contribution >= 4 is 17.4 Å². The van der Waals surface area contributed by atoms with Crippen LogP contribution in [0.4, 0.5) is 0 Å². The molecule has 8 nitrogen and oxygen atoms in total. The summed E-state index contributed by atoms with van der Waals surface area (Å²) in [6.45, 7) is 0.857. The van der Waals surface area contributed by atoms with E-state index in [0.29, 0.717) is 30.3 Å². The third kappa shape index (κ3) is 3.84. The number of ketones is 1. The van der Waals surface area contributed by atoms with E-state index in [1.165, 1.54) is 25.4 Å². The summed E-state index contributed by atoms with van der Waals surface area (Å²) in [7, 11) is 6.72. The number of benzene rings is 1. The van der Waals surface area contributed by atoms with Crippen LogP contribution in [0, 0.1) is 0 Å². The molecule has 0 saturated carbocycles. The van der Waals surface area contributed by atoms with Crippen molar-refractivity contribution in [2.75, 3.05) is 41.4 Å². The van der Waals surface area contributed by atoms with Gasteiger partial charge in [0.25, 0.3) is 11.7 Å². The predicted molar refractivity (Wildman–Crippen MR) is 106 cm³/mol. The molecular formula is C21H24N2O6. The fourth-order valence-corrected chi connectivity index (χ4v) is 3.30. The Labute approximate surface area is 168 Å². The maximum absolute atomic E-state index is 12.9. The van der Waals surface area contributed by atoms with Crippen molar-refractivity contribution < 1.29 is 28.6 Å². The van der Waals surface area contributed by atoms with Gasteiger partial charge >= 0.3 is 0 Å². The van der Waals surface area contributed by atoms with E-state index in [0.717, 1.165) is 0 Å². The van der Waals surface area contributed by atoms with E-state index in [-0.39, 0.29) is 16.9 Å². The van der Waals surface area contributed by atoms with Crippen molar-refractivity contribution in [3.8, 4) is 11.5 Å². The number of ether oxygens (including phenoxy) is 2. The topological polar surface area (TPSA) is 92.5 Å². The van der Waals surface area contributed by atoms with Crippen LogP contribution in [0.1, 0.15) is 17.4 Å². The number of Topliss-reactive ketones (excluding diaryl/α,β-unsaturated/α-hetero) is 1. The summed E-state index contributed by atoms with van der Waals surface area (Å²) in [5.74, 6) is -0.511. The number of aliphatic hydroxyl groups excluding tert-OH is 1. The number of methoxy groups -OCH3 is 2. The van der Waals surface area contributed by atoms with E-state index in [1.54, 1.807) is 30.3 Å². The molecule has 1 saturated heterocycles. The number of likely N-dealkylation sites (N-methyl/N-ethyl adjacent to an activating group) is 1. The molecule has 0 aliphatic carbocycles. The summed E-state index contributed by atoms with van der Waals surface area (Å²) < 4.78 is 16.0. The Bertz CT molecular complexity index is 933. The number of nitrogens with zero attached hydrogens (tertiary/aromatic N) is 2. The number of hydrogen-bond acceptors (Lipinski definition) is 7. The van der Waals surface area contributed by atoms with E-state index < -0.39 is 17.7 Å². The Morgan fingerprint density at radius 2 is 1.97 bits per heavy atom. The summed E-state index contributed by atoms with van der Waals surface area (Å²) in [4.78, 5) is 28.9. The first-order chi connectivity index (χ1) is 13.9. The van der Waals surface area contributed by atoms with Gasteiger partial charge in [0.05, 0.1) is 31.6 Å². The fourth-order valence-electron chi connectivity index (χ4n) is 3.30. The molecule has 1 fully saturated rings. The SMILES string of the molecule is COc1ccc(/C(O)=C2\C(=O)C(=O)N(CCN(C)C)[C@@H]2c2ccco2)c(OC)c1. The van der Waals surface area contributed by atoms with Gasteiger partial charge in [-0.1, -0.05) is 0 Å². The van der Waals surface area contributed by atoms with Crippen molar-refractivity contribution in [2.45, 2.75) is 6.04 Å². The van der Waals surface area contributed by atoms with Gasteiger partial charge in [-0.25, -0.2) is 0 Å². The molecule has 1 aromatic heterocycles. The Balaban J connectivity index is 2.14. The molecule has 0 spiro atoms. The van der Waals surface area contributed by atoms with E-state index in [4.69, 9.17) is 13.9 Å². The molecule has 0 radical (unpaired) electrons. The number of hydrogen-bond donors (Lipinski definition) is 1. The molecule has 154 valence electrons. The second-order valence-electron chi connectivity index (χ2n) is 6.88. The van der Waals surface area contributed by atoms with Gasteiger partial charge in [0, 0.05) is 19.2 Å². The number of amides is 1. The van der Waals surface area contributed by atoms with Crippen LogP contribution in [0.15, 0.2) is 46.6 Å². The van der Waals surface area contributed by atoms with E-state index >= 15 is 0 Å². The van der Waals surface area contributed by atoms with Crippen molar-refractivity contribution in [2.24, 2.45) is 0 Å². The molecule has 1 N–H and O–H groups in total. The highest BCUT2D eigenvalue weighted by molar-refractivity contribution is 6.46. The third-order valence-electron chi connectivity index (χ3n) is 4.80. The summed E-state index contributed by atoms with van der Waals surface area (Å²) in [6, 6.07) is 7.35. The summed E-state index contributed by atoms with van der Waals surface area (Å²) >= 11 is 0. The largest absolute Gasteiger partial charge is 0.507 e. The van der Waals surface area contributed by atoms with E-state index in [2.05, 4.69) is 0 Å². The minimum Gasteiger partial charge on any atom is -0.507 e. The zero-order valence-electron chi connectivity index (χ0n) is 16.8. The average Bonchev–Trinajstić information content (AvgIpc) is 3.32. The maximum Gasteiger partial charge on any atom is 0.295 e. The molecular weight excluding hydrogens is 376 g/mol. The zero-order valence-corrected chi connectivity index (χ0v) is 16.8. The van der Waals surface area contributed by atoms with Crippen LogP contribution < -0.4 is 9.47 Å². The lowest BCUT2D eigenvalue weighted by Gasteiger charge is -2.24. The highest BCUT2D eigenvalue weighted by Crippen LogP contribution is 2.41. The lowest BCUT2D eigenvalue weighted by molar-refractivity contribution is -0.140. The van der Waals surface area contributed by atoms with Crippen LogP contribution in [0.25, 0.3) is 5.76 Å². The molecule has 1 atom stereocenters. The Hall–Kier alpha value is -3.26. The highest BCUT2D eigenvalue weighted by atomic mass is 16.5. The summed E-state index contributed by atoms with van der Waals surface area (Å²) in [5.41, 5.74) is 0.252. The first-order valence-electron chi connectivity index (χ1n) is 9.08. The van der Waals surface area contributed by atoms with E-state index in [9.17, 15) is 14.7 Å². The fraction of sp³-hybridized carbons (Fsp3) is 0.333. The van der Waals surface area contributed by atoms with Crippen LogP contribution in [-0.2, 0) is 9.59 Å². The number of carbonyl (C=O) groups excluding carboxylic acids is 2. The second-order valence-corrected chi connectivity index (χ2v) is 6.88. The molecule has 3 rings (SSSR count). The zero-order chi connectivity index (χ0) is 21.1. The average molecular weight is 400 g/mol. The maximum atomic E-state index is 12.9. The molecule has 1 aliphatic rings. The lowest BCUT2D eigenvalue weighted by Crippen LogP contribution is -2.35. The molecule has 0 unspecified atom stereocenters. The Kier molecular flexibility index (Phi) is 5.93.